The van der Waals surface area contributed by atoms with E-state index in [2.05, 4.69) is 23.0 Å². The molecule has 0 fully saturated rings. The van der Waals surface area contributed by atoms with Gasteiger partial charge in [-0.25, -0.2) is 9.97 Å². The second-order valence-corrected chi connectivity index (χ2v) is 5.50. The van der Waals surface area contributed by atoms with Crippen molar-refractivity contribution in [1.29, 1.82) is 0 Å². The number of hydrogen-bond acceptors (Lipinski definition) is 5. The molecule has 0 N–H and O–H groups in total. The summed E-state index contributed by atoms with van der Waals surface area (Å²) in [6.07, 6.45) is 2.70. The van der Waals surface area contributed by atoms with Gasteiger partial charge < -0.3 is 4.74 Å². The van der Waals surface area contributed by atoms with Gasteiger partial charge in [-0.1, -0.05) is 6.92 Å². The first kappa shape index (κ1) is 11.8. The zero-order valence-electron chi connectivity index (χ0n) is 9.40. The average molecular weight is 254 g/mol. The fourth-order valence-electron chi connectivity index (χ4n) is 1.39. The molecule has 0 aliphatic heterocycles. The molecule has 0 aliphatic rings. The van der Waals surface area contributed by atoms with E-state index in [1.165, 1.54) is 10.3 Å². The zero-order valence-corrected chi connectivity index (χ0v) is 11.0. The topological polar surface area (TPSA) is 35.0 Å². The van der Waals surface area contributed by atoms with Crippen LogP contribution in [-0.4, -0.2) is 29.4 Å². The lowest BCUT2D eigenvalue weighted by Gasteiger charge is -2.00. The summed E-state index contributed by atoms with van der Waals surface area (Å²) in [6.45, 7) is 2.91. The maximum Gasteiger partial charge on any atom is 0.128 e. The van der Waals surface area contributed by atoms with E-state index in [-0.39, 0.29) is 0 Å². The predicted octanol–water partition coefficient (Wildman–Crippen LogP) is 2.99. The molecule has 2 heterocycles. The molecule has 0 unspecified atom stereocenters. The third kappa shape index (κ3) is 2.53. The number of fused-ring (bicyclic) bond motifs is 1. The van der Waals surface area contributed by atoms with Gasteiger partial charge in [0.25, 0.3) is 0 Å². The summed E-state index contributed by atoms with van der Waals surface area (Å²) in [5.41, 5.74) is 0. The normalized spacial score (nSPS) is 11.1. The molecule has 5 heteroatoms. The number of rotatable bonds is 5. The minimum atomic E-state index is 0.751. The minimum Gasteiger partial charge on any atom is -0.384 e. The van der Waals surface area contributed by atoms with Gasteiger partial charge in [-0.15, -0.1) is 23.1 Å². The van der Waals surface area contributed by atoms with Crippen LogP contribution in [-0.2, 0) is 11.2 Å². The molecule has 86 valence electrons. The Kier molecular flexibility index (Phi) is 4.15. The summed E-state index contributed by atoms with van der Waals surface area (Å²) in [7, 11) is 1.72. The monoisotopic (exact) mass is 254 g/mol. The maximum atomic E-state index is 5.04. The lowest BCUT2D eigenvalue weighted by Crippen LogP contribution is -1.92. The van der Waals surface area contributed by atoms with Gasteiger partial charge in [-0.3, -0.25) is 0 Å². The molecule has 2 rings (SSSR count). The van der Waals surface area contributed by atoms with Crippen molar-refractivity contribution >= 4 is 33.3 Å². The van der Waals surface area contributed by atoms with Crippen LogP contribution in [0.5, 0.6) is 0 Å². The largest absolute Gasteiger partial charge is 0.384 e. The Morgan fingerprint density at radius 3 is 3.06 bits per heavy atom. The average Bonchev–Trinajstić information content (AvgIpc) is 2.73. The van der Waals surface area contributed by atoms with E-state index in [0.717, 1.165) is 28.6 Å². The van der Waals surface area contributed by atoms with Crippen LogP contribution >= 0.6 is 23.1 Å². The molecule has 16 heavy (non-hydrogen) atoms. The number of aryl methyl sites for hydroxylation is 1. The Labute approximate surface area is 103 Å². The van der Waals surface area contributed by atoms with Crippen LogP contribution in [0, 0.1) is 0 Å². The molecule has 0 aliphatic carbocycles. The Bertz CT molecular complexity index is 470. The van der Waals surface area contributed by atoms with Crippen molar-refractivity contribution in [3.63, 3.8) is 0 Å². The maximum absolute atomic E-state index is 5.04. The van der Waals surface area contributed by atoms with Crippen LogP contribution in [0.25, 0.3) is 10.2 Å². The van der Waals surface area contributed by atoms with Gasteiger partial charge in [0.1, 0.15) is 16.2 Å². The summed E-state index contributed by atoms with van der Waals surface area (Å²) in [6, 6.07) is 2.20. The second kappa shape index (κ2) is 5.61. The zero-order chi connectivity index (χ0) is 11.4. The first-order valence-electron chi connectivity index (χ1n) is 5.20. The number of methoxy groups -OCH3 is 1. The van der Waals surface area contributed by atoms with E-state index in [4.69, 9.17) is 4.74 Å². The van der Waals surface area contributed by atoms with Gasteiger partial charge in [0.05, 0.1) is 6.61 Å². The molecule has 3 nitrogen and oxygen atoms in total. The molecule has 0 bridgehead atoms. The van der Waals surface area contributed by atoms with E-state index in [0.29, 0.717) is 0 Å². The molecule has 2 aromatic heterocycles. The number of aromatic nitrogens is 2. The molecular formula is C11H14N2OS2. The SMILES string of the molecule is CCc1cc2c(SCCOC)ncnc2s1. The summed E-state index contributed by atoms with van der Waals surface area (Å²) in [5.74, 6) is 0.930. The van der Waals surface area contributed by atoms with Crippen LogP contribution in [0.4, 0.5) is 0 Å². The highest BCUT2D eigenvalue weighted by Crippen LogP contribution is 2.30. The third-order valence-corrected chi connectivity index (χ3v) is 4.38. The van der Waals surface area contributed by atoms with Crippen molar-refractivity contribution < 1.29 is 4.74 Å². The van der Waals surface area contributed by atoms with Crippen molar-refractivity contribution in [3.8, 4) is 0 Å². The Balaban J connectivity index is 2.26. The fraction of sp³-hybridized carbons (Fsp3) is 0.455. The molecule has 2 aromatic rings. The van der Waals surface area contributed by atoms with Crippen molar-refractivity contribution in [2.45, 2.75) is 18.4 Å². The summed E-state index contributed by atoms with van der Waals surface area (Å²) >= 11 is 3.48. The van der Waals surface area contributed by atoms with E-state index in [1.54, 1.807) is 36.5 Å². The van der Waals surface area contributed by atoms with Crippen molar-refractivity contribution in [2.24, 2.45) is 0 Å². The Morgan fingerprint density at radius 1 is 1.44 bits per heavy atom. The van der Waals surface area contributed by atoms with Gasteiger partial charge in [-0.05, 0) is 12.5 Å². The molecule has 0 spiro atoms. The van der Waals surface area contributed by atoms with Crippen molar-refractivity contribution in [2.75, 3.05) is 19.5 Å². The lowest BCUT2D eigenvalue weighted by molar-refractivity contribution is 0.218. The van der Waals surface area contributed by atoms with Crippen LogP contribution in [0.15, 0.2) is 17.4 Å². The van der Waals surface area contributed by atoms with Crippen LogP contribution < -0.4 is 0 Å². The lowest BCUT2D eigenvalue weighted by atomic mass is 10.3. The van der Waals surface area contributed by atoms with Crippen LogP contribution in [0.2, 0.25) is 0 Å². The molecular weight excluding hydrogens is 240 g/mol. The number of ether oxygens (including phenoxy) is 1. The quantitative estimate of drug-likeness (QED) is 0.467. The molecule has 0 radical (unpaired) electrons. The molecule has 0 atom stereocenters. The number of hydrogen-bond donors (Lipinski definition) is 0. The summed E-state index contributed by atoms with van der Waals surface area (Å²) in [5, 5.41) is 2.25. The van der Waals surface area contributed by atoms with Gasteiger partial charge in [0, 0.05) is 23.1 Å². The van der Waals surface area contributed by atoms with Crippen LogP contribution in [0.3, 0.4) is 0 Å². The second-order valence-electron chi connectivity index (χ2n) is 3.31. The van der Waals surface area contributed by atoms with Gasteiger partial charge in [0.2, 0.25) is 0 Å². The highest BCUT2D eigenvalue weighted by molar-refractivity contribution is 7.99. The summed E-state index contributed by atoms with van der Waals surface area (Å²) in [4.78, 5) is 11.1. The summed E-state index contributed by atoms with van der Waals surface area (Å²) < 4.78 is 5.04. The molecule has 0 saturated heterocycles. The Morgan fingerprint density at radius 2 is 2.31 bits per heavy atom. The number of nitrogens with zero attached hydrogens (tertiary/aromatic N) is 2. The number of thioether (sulfide) groups is 1. The minimum absolute atomic E-state index is 0.751. The first-order valence-corrected chi connectivity index (χ1v) is 7.00. The van der Waals surface area contributed by atoms with E-state index in [9.17, 15) is 0 Å². The van der Waals surface area contributed by atoms with E-state index in [1.807, 2.05) is 0 Å². The fourth-order valence-corrected chi connectivity index (χ4v) is 3.27. The smallest absolute Gasteiger partial charge is 0.128 e. The van der Waals surface area contributed by atoms with E-state index < -0.39 is 0 Å². The molecule has 0 amide bonds. The van der Waals surface area contributed by atoms with Crippen molar-refractivity contribution in [1.82, 2.24) is 9.97 Å². The highest BCUT2D eigenvalue weighted by atomic mass is 32.2. The van der Waals surface area contributed by atoms with Gasteiger partial charge in [0.15, 0.2) is 0 Å². The van der Waals surface area contributed by atoms with Crippen molar-refractivity contribution in [3.05, 3.63) is 17.3 Å². The standard InChI is InChI=1S/C11H14N2OS2/c1-3-8-6-9-10(15-5-4-14-2)12-7-13-11(9)16-8/h6-7H,3-5H2,1-2H3. The number of thiophene rings is 1. The Hall–Kier alpha value is -0.650. The molecule has 0 aromatic carbocycles. The van der Waals surface area contributed by atoms with E-state index >= 15 is 0 Å². The highest BCUT2D eigenvalue weighted by Gasteiger charge is 2.07. The predicted molar refractivity (Wildman–Crippen MR) is 69.4 cm³/mol. The van der Waals surface area contributed by atoms with Gasteiger partial charge >= 0.3 is 0 Å². The third-order valence-electron chi connectivity index (χ3n) is 2.22. The molecule has 0 saturated carbocycles. The first-order chi connectivity index (χ1) is 7.85. The van der Waals surface area contributed by atoms with Crippen LogP contribution in [0.1, 0.15) is 11.8 Å². The van der Waals surface area contributed by atoms with Gasteiger partial charge in [-0.2, -0.15) is 0 Å².